The van der Waals surface area contributed by atoms with Gasteiger partial charge in [-0.25, -0.2) is 13.6 Å². The predicted octanol–water partition coefficient (Wildman–Crippen LogP) is 3.46. The van der Waals surface area contributed by atoms with Gasteiger partial charge in [-0.15, -0.1) is 0 Å². The average Bonchev–Trinajstić information content (AvgIpc) is 2.26. The summed E-state index contributed by atoms with van der Waals surface area (Å²) in [4.78, 5) is 15.1. The third-order valence-corrected chi connectivity index (χ3v) is 3.27. The zero-order valence-electron chi connectivity index (χ0n) is 8.14. The third kappa shape index (κ3) is 2.57. The second kappa shape index (κ2) is 5.67. The van der Waals surface area contributed by atoms with Crippen molar-refractivity contribution in [1.29, 1.82) is 0 Å². The standard InChI is InChI=1S/C9H7Br2F2NO2/c1-16-9(15)4-3-14-5(2-10)6(7(4)11)8(12)13/h3,8H,2H2,1H3. The molecule has 0 aliphatic rings. The van der Waals surface area contributed by atoms with Gasteiger partial charge in [-0.2, -0.15) is 0 Å². The number of hydrogen-bond acceptors (Lipinski definition) is 3. The summed E-state index contributed by atoms with van der Waals surface area (Å²) in [6.45, 7) is 0. The molecule has 0 fully saturated rings. The molecule has 0 spiro atoms. The number of pyridine rings is 1. The average molecular weight is 359 g/mol. The number of methoxy groups -OCH3 is 1. The van der Waals surface area contributed by atoms with Crippen molar-refractivity contribution in [3.8, 4) is 0 Å². The lowest BCUT2D eigenvalue weighted by Gasteiger charge is -2.10. The van der Waals surface area contributed by atoms with Gasteiger partial charge >= 0.3 is 5.97 Å². The van der Waals surface area contributed by atoms with E-state index in [2.05, 4.69) is 41.6 Å². The van der Waals surface area contributed by atoms with Crippen LogP contribution in [-0.2, 0) is 10.1 Å². The Balaban J connectivity index is 3.37. The molecule has 0 aliphatic heterocycles. The number of hydrogen-bond donors (Lipinski definition) is 0. The fraction of sp³-hybridized carbons (Fsp3) is 0.333. The first kappa shape index (κ1) is 13.5. The van der Waals surface area contributed by atoms with E-state index in [9.17, 15) is 13.6 Å². The Bertz CT molecular complexity index is 413. The largest absolute Gasteiger partial charge is 0.465 e. The van der Waals surface area contributed by atoms with E-state index < -0.39 is 12.4 Å². The summed E-state index contributed by atoms with van der Waals surface area (Å²) in [7, 11) is 1.18. The SMILES string of the molecule is COC(=O)c1cnc(CBr)c(C(F)F)c1Br. The maximum absolute atomic E-state index is 12.8. The molecule has 0 bridgehead atoms. The van der Waals surface area contributed by atoms with Gasteiger partial charge < -0.3 is 4.74 Å². The van der Waals surface area contributed by atoms with Gasteiger partial charge in [-0.05, 0) is 15.9 Å². The number of carbonyl (C=O) groups is 1. The highest BCUT2D eigenvalue weighted by Gasteiger charge is 2.23. The molecule has 1 aromatic rings. The molecule has 0 unspecified atom stereocenters. The van der Waals surface area contributed by atoms with E-state index >= 15 is 0 Å². The number of esters is 1. The molecule has 16 heavy (non-hydrogen) atoms. The van der Waals surface area contributed by atoms with Crippen LogP contribution in [0.5, 0.6) is 0 Å². The lowest BCUT2D eigenvalue weighted by atomic mass is 10.1. The molecule has 0 aromatic carbocycles. The molecular weight excluding hydrogens is 352 g/mol. The van der Waals surface area contributed by atoms with E-state index in [1.54, 1.807) is 0 Å². The quantitative estimate of drug-likeness (QED) is 0.613. The number of rotatable bonds is 3. The number of carbonyl (C=O) groups excluding carboxylic acids is 1. The van der Waals surface area contributed by atoms with Crippen molar-refractivity contribution in [2.24, 2.45) is 0 Å². The lowest BCUT2D eigenvalue weighted by molar-refractivity contribution is 0.0598. The number of nitrogens with zero attached hydrogens (tertiary/aromatic N) is 1. The van der Waals surface area contributed by atoms with Crippen molar-refractivity contribution in [2.45, 2.75) is 11.8 Å². The Labute approximate surface area is 107 Å². The van der Waals surface area contributed by atoms with E-state index in [1.165, 1.54) is 13.3 Å². The minimum Gasteiger partial charge on any atom is -0.465 e. The molecule has 88 valence electrons. The number of ether oxygens (including phenoxy) is 1. The molecule has 1 rings (SSSR count). The summed E-state index contributed by atoms with van der Waals surface area (Å²) in [5.41, 5.74) is -0.114. The van der Waals surface area contributed by atoms with Crippen molar-refractivity contribution in [3.63, 3.8) is 0 Å². The summed E-state index contributed by atoms with van der Waals surface area (Å²) in [5.74, 6) is -0.706. The van der Waals surface area contributed by atoms with Crippen molar-refractivity contribution in [1.82, 2.24) is 4.98 Å². The van der Waals surface area contributed by atoms with Crippen LogP contribution in [0.4, 0.5) is 8.78 Å². The van der Waals surface area contributed by atoms with Crippen LogP contribution in [0.15, 0.2) is 10.7 Å². The monoisotopic (exact) mass is 357 g/mol. The zero-order valence-corrected chi connectivity index (χ0v) is 11.3. The molecule has 0 atom stereocenters. The summed E-state index contributed by atoms with van der Waals surface area (Å²) in [5, 5.41) is 0.187. The van der Waals surface area contributed by atoms with Crippen LogP contribution >= 0.6 is 31.9 Å². The Hall–Kier alpha value is -0.560. The number of aromatic nitrogens is 1. The molecule has 3 nitrogen and oxygen atoms in total. The Morgan fingerprint density at radius 2 is 2.25 bits per heavy atom. The van der Waals surface area contributed by atoms with Gasteiger partial charge in [-0.1, -0.05) is 15.9 Å². The Morgan fingerprint density at radius 3 is 2.69 bits per heavy atom. The van der Waals surface area contributed by atoms with Gasteiger partial charge in [0.25, 0.3) is 6.43 Å². The van der Waals surface area contributed by atoms with Gasteiger partial charge in [0.1, 0.15) is 0 Å². The fourth-order valence-electron chi connectivity index (χ4n) is 1.12. The molecule has 0 saturated heterocycles. The van der Waals surface area contributed by atoms with Gasteiger partial charge in [0.05, 0.1) is 23.9 Å². The molecule has 0 saturated carbocycles. The third-order valence-electron chi connectivity index (χ3n) is 1.88. The van der Waals surface area contributed by atoms with Gasteiger partial charge in [0.15, 0.2) is 0 Å². The highest BCUT2D eigenvalue weighted by Crippen LogP contribution is 2.33. The highest BCUT2D eigenvalue weighted by molar-refractivity contribution is 9.10. The van der Waals surface area contributed by atoms with Crippen molar-refractivity contribution < 1.29 is 18.3 Å². The van der Waals surface area contributed by atoms with Crippen molar-refractivity contribution >= 4 is 37.8 Å². The highest BCUT2D eigenvalue weighted by atomic mass is 79.9. The molecule has 0 aliphatic carbocycles. The second-order valence-electron chi connectivity index (χ2n) is 2.77. The van der Waals surface area contributed by atoms with Crippen LogP contribution in [0.25, 0.3) is 0 Å². The van der Waals surface area contributed by atoms with Gasteiger partial charge in [0, 0.05) is 16.0 Å². The van der Waals surface area contributed by atoms with E-state index in [4.69, 9.17) is 0 Å². The minimum atomic E-state index is -2.71. The molecule has 0 amide bonds. The van der Waals surface area contributed by atoms with E-state index in [-0.39, 0.29) is 26.6 Å². The van der Waals surface area contributed by atoms with Crippen molar-refractivity contribution in [3.05, 3.63) is 27.5 Å². The molecule has 1 heterocycles. The molecule has 0 N–H and O–H groups in total. The van der Waals surface area contributed by atoms with E-state index in [0.29, 0.717) is 0 Å². The first-order valence-corrected chi connectivity index (χ1v) is 6.04. The molecule has 7 heteroatoms. The van der Waals surface area contributed by atoms with E-state index in [1.807, 2.05) is 0 Å². The van der Waals surface area contributed by atoms with Crippen LogP contribution in [0.1, 0.15) is 28.0 Å². The fourth-order valence-corrected chi connectivity index (χ4v) is 2.23. The van der Waals surface area contributed by atoms with Gasteiger partial charge in [-0.3, -0.25) is 4.98 Å². The number of halogens is 4. The lowest BCUT2D eigenvalue weighted by Crippen LogP contribution is -2.08. The zero-order chi connectivity index (χ0) is 12.3. The summed E-state index contributed by atoms with van der Waals surface area (Å²) < 4.78 is 30.0. The maximum atomic E-state index is 12.8. The molecular formula is C9H7Br2F2NO2. The van der Waals surface area contributed by atoms with Crippen LogP contribution in [0.2, 0.25) is 0 Å². The van der Waals surface area contributed by atoms with E-state index in [0.717, 1.165) is 0 Å². The van der Waals surface area contributed by atoms with Crippen LogP contribution in [-0.4, -0.2) is 18.1 Å². The van der Waals surface area contributed by atoms with Crippen LogP contribution in [0.3, 0.4) is 0 Å². The second-order valence-corrected chi connectivity index (χ2v) is 4.13. The predicted molar refractivity (Wildman–Crippen MR) is 60.9 cm³/mol. The summed E-state index contributed by atoms with van der Waals surface area (Å²) >= 11 is 6.03. The summed E-state index contributed by atoms with van der Waals surface area (Å²) in [6.07, 6.45) is -1.50. The van der Waals surface area contributed by atoms with Crippen LogP contribution in [0, 0.1) is 0 Å². The first-order valence-electron chi connectivity index (χ1n) is 4.12. The maximum Gasteiger partial charge on any atom is 0.340 e. The van der Waals surface area contributed by atoms with Crippen LogP contribution < -0.4 is 0 Å². The smallest absolute Gasteiger partial charge is 0.340 e. The Morgan fingerprint density at radius 1 is 1.62 bits per heavy atom. The number of alkyl halides is 3. The topological polar surface area (TPSA) is 39.2 Å². The Kier molecular flexibility index (Phi) is 4.79. The summed E-state index contributed by atoms with van der Waals surface area (Å²) in [6, 6.07) is 0. The molecule has 0 radical (unpaired) electrons. The van der Waals surface area contributed by atoms with Gasteiger partial charge in [0.2, 0.25) is 0 Å². The minimum absolute atomic E-state index is 0.0116. The van der Waals surface area contributed by atoms with Crippen molar-refractivity contribution in [2.75, 3.05) is 7.11 Å². The first-order chi connectivity index (χ1) is 7.52. The molecule has 1 aromatic heterocycles. The normalized spacial score (nSPS) is 10.6.